The van der Waals surface area contributed by atoms with Crippen molar-refractivity contribution in [1.29, 1.82) is 0 Å². The number of furan rings is 1. The number of ether oxygens (including phenoxy) is 1. The van der Waals surface area contributed by atoms with Crippen molar-refractivity contribution in [2.45, 2.75) is 12.8 Å². The lowest BCUT2D eigenvalue weighted by molar-refractivity contribution is -0.133. The maximum atomic E-state index is 12.0. The molecule has 0 atom stereocenters. The predicted molar refractivity (Wildman–Crippen MR) is 86.3 cm³/mol. The molecule has 0 bridgehead atoms. The zero-order valence-corrected chi connectivity index (χ0v) is 13.2. The number of amides is 2. The quantitative estimate of drug-likeness (QED) is 0.851. The van der Waals surface area contributed by atoms with E-state index < -0.39 is 0 Å². The number of aryl methyl sites for hydroxylation is 1. The topological polar surface area (TPSA) is 71.8 Å². The summed E-state index contributed by atoms with van der Waals surface area (Å²) in [5, 5.41) is 2.74. The van der Waals surface area contributed by atoms with Crippen LogP contribution in [0.3, 0.4) is 0 Å². The Morgan fingerprint density at radius 2 is 2.09 bits per heavy atom. The van der Waals surface area contributed by atoms with Gasteiger partial charge in [0.2, 0.25) is 11.8 Å². The first-order valence-corrected chi connectivity index (χ1v) is 7.28. The summed E-state index contributed by atoms with van der Waals surface area (Å²) >= 11 is 0. The number of hydrogen-bond acceptors (Lipinski definition) is 4. The second-order valence-corrected chi connectivity index (χ2v) is 5.11. The Balaban J connectivity index is 1.80. The van der Waals surface area contributed by atoms with Crippen molar-refractivity contribution < 1.29 is 18.7 Å². The summed E-state index contributed by atoms with van der Waals surface area (Å²) in [4.78, 5) is 25.4. The molecule has 0 saturated carbocycles. The maximum absolute atomic E-state index is 12.0. The average Bonchev–Trinajstić information content (AvgIpc) is 3.06. The highest BCUT2D eigenvalue weighted by atomic mass is 16.5. The molecular weight excluding hydrogens is 296 g/mol. The van der Waals surface area contributed by atoms with Gasteiger partial charge in [-0.15, -0.1) is 0 Å². The fraction of sp³-hybridized carbons (Fsp3) is 0.294. The third-order valence-electron chi connectivity index (χ3n) is 3.33. The number of carbonyl (C=O) groups excluding carboxylic acids is 2. The van der Waals surface area contributed by atoms with E-state index in [4.69, 9.17) is 9.15 Å². The van der Waals surface area contributed by atoms with E-state index >= 15 is 0 Å². The molecule has 2 aromatic rings. The third-order valence-corrected chi connectivity index (χ3v) is 3.33. The fourth-order valence-electron chi connectivity index (χ4n) is 2.08. The summed E-state index contributed by atoms with van der Waals surface area (Å²) in [6, 6.07) is 10.7. The molecule has 2 amide bonds. The zero-order chi connectivity index (χ0) is 16.7. The molecule has 1 aromatic carbocycles. The average molecular weight is 316 g/mol. The van der Waals surface area contributed by atoms with Crippen molar-refractivity contribution in [1.82, 2.24) is 4.90 Å². The molecule has 6 nitrogen and oxygen atoms in total. The standard InChI is InChI=1S/C17H20N2O4/c1-19(17(21)9-8-14-7-4-10-23-14)12-16(20)18-13-5-3-6-15(11-13)22-2/h3-7,10-11H,8-9,12H2,1-2H3,(H,18,20). The van der Waals surface area contributed by atoms with Gasteiger partial charge in [0.15, 0.2) is 0 Å². The molecular formula is C17H20N2O4. The molecule has 122 valence electrons. The highest BCUT2D eigenvalue weighted by molar-refractivity contribution is 5.94. The largest absolute Gasteiger partial charge is 0.497 e. The number of carbonyl (C=O) groups is 2. The van der Waals surface area contributed by atoms with E-state index in [9.17, 15) is 9.59 Å². The van der Waals surface area contributed by atoms with Crippen molar-refractivity contribution in [2.24, 2.45) is 0 Å². The number of hydrogen-bond donors (Lipinski definition) is 1. The number of nitrogens with one attached hydrogen (secondary N) is 1. The summed E-state index contributed by atoms with van der Waals surface area (Å²) in [7, 11) is 3.17. The van der Waals surface area contributed by atoms with Crippen molar-refractivity contribution in [3.05, 3.63) is 48.4 Å². The van der Waals surface area contributed by atoms with Gasteiger partial charge in [-0.1, -0.05) is 6.07 Å². The molecule has 1 aromatic heterocycles. The molecule has 23 heavy (non-hydrogen) atoms. The van der Waals surface area contributed by atoms with Crippen LogP contribution in [0.2, 0.25) is 0 Å². The lowest BCUT2D eigenvalue weighted by Crippen LogP contribution is -2.35. The van der Waals surface area contributed by atoms with Crippen molar-refractivity contribution in [3.8, 4) is 5.75 Å². The lowest BCUT2D eigenvalue weighted by atomic mass is 10.2. The first-order chi connectivity index (χ1) is 11.1. The van der Waals surface area contributed by atoms with Gasteiger partial charge in [0.1, 0.15) is 11.5 Å². The van der Waals surface area contributed by atoms with Gasteiger partial charge in [0.25, 0.3) is 0 Å². The van der Waals surface area contributed by atoms with Gasteiger partial charge in [-0.3, -0.25) is 9.59 Å². The monoisotopic (exact) mass is 316 g/mol. The minimum atomic E-state index is -0.257. The van der Waals surface area contributed by atoms with E-state index in [1.807, 2.05) is 6.07 Å². The van der Waals surface area contributed by atoms with Crippen LogP contribution in [0.5, 0.6) is 5.75 Å². The van der Waals surface area contributed by atoms with E-state index in [0.717, 1.165) is 5.76 Å². The Kier molecular flexibility index (Phi) is 5.80. The molecule has 1 N–H and O–H groups in total. The van der Waals surface area contributed by atoms with Gasteiger partial charge in [-0.05, 0) is 24.3 Å². The highest BCUT2D eigenvalue weighted by Gasteiger charge is 2.13. The van der Waals surface area contributed by atoms with E-state index in [1.54, 1.807) is 50.8 Å². The number of rotatable bonds is 7. The second kappa shape index (κ2) is 8.03. The molecule has 0 unspecified atom stereocenters. The van der Waals surface area contributed by atoms with Crippen LogP contribution < -0.4 is 10.1 Å². The van der Waals surface area contributed by atoms with Gasteiger partial charge in [-0.2, -0.15) is 0 Å². The van der Waals surface area contributed by atoms with Crippen LogP contribution in [0.4, 0.5) is 5.69 Å². The molecule has 0 aliphatic rings. The zero-order valence-electron chi connectivity index (χ0n) is 13.2. The van der Waals surface area contributed by atoms with Crippen molar-refractivity contribution >= 4 is 17.5 Å². The van der Waals surface area contributed by atoms with E-state index in [-0.39, 0.29) is 18.4 Å². The molecule has 6 heteroatoms. The lowest BCUT2D eigenvalue weighted by Gasteiger charge is -2.16. The van der Waals surface area contributed by atoms with Gasteiger partial charge in [-0.25, -0.2) is 0 Å². The molecule has 0 saturated heterocycles. The molecule has 0 aliphatic carbocycles. The maximum Gasteiger partial charge on any atom is 0.243 e. The predicted octanol–water partition coefficient (Wildman–Crippen LogP) is 2.32. The Morgan fingerprint density at radius 3 is 2.78 bits per heavy atom. The summed E-state index contributed by atoms with van der Waals surface area (Å²) < 4.78 is 10.3. The second-order valence-electron chi connectivity index (χ2n) is 5.11. The van der Waals surface area contributed by atoms with Gasteiger partial charge >= 0.3 is 0 Å². The van der Waals surface area contributed by atoms with Crippen molar-refractivity contribution in [3.63, 3.8) is 0 Å². The molecule has 0 fully saturated rings. The smallest absolute Gasteiger partial charge is 0.243 e. The van der Waals surface area contributed by atoms with Crippen LogP contribution in [0, 0.1) is 0 Å². The number of nitrogens with zero attached hydrogens (tertiary/aromatic N) is 1. The minimum Gasteiger partial charge on any atom is -0.497 e. The van der Waals surface area contributed by atoms with Crippen LogP contribution in [-0.4, -0.2) is 37.4 Å². The summed E-state index contributed by atoms with van der Waals surface area (Å²) in [5.74, 6) is 1.05. The molecule has 0 aliphatic heterocycles. The number of methoxy groups -OCH3 is 1. The summed E-state index contributed by atoms with van der Waals surface area (Å²) in [6.07, 6.45) is 2.40. The number of anilines is 1. The van der Waals surface area contributed by atoms with Gasteiger partial charge in [0, 0.05) is 31.6 Å². The molecule has 1 heterocycles. The molecule has 2 rings (SSSR count). The minimum absolute atomic E-state index is 0.00576. The number of benzene rings is 1. The Bertz CT molecular complexity index is 652. The molecule has 0 radical (unpaired) electrons. The van der Waals surface area contributed by atoms with Crippen LogP contribution in [0.25, 0.3) is 0 Å². The van der Waals surface area contributed by atoms with E-state index in [0.29, 0.717) is 24.3 Å². The number of likely N-dealkylation sites (N-methyl/N-ethyl adjacent to an activating group) is 1. The van der Waals surface area contributed by atoms with Gasteiger partial charge < -0.3 is 19.4 Å². The SMILES string of the molecule is COc1cccc(NC(=O)CN(C)C(=O)CCc2ccco2)c1. The molecule has 0 spiro atoms. The first kappa shape index (κ1) is 16.6. The highest BCUT2D eigenvalue weighted by Crippen LogP contribution is 2.16. The Morgan fingerprint density at radius 1 is 1.26 bits per heavy atom. The van der Waals surface area contributed by atoms with E-state index in [1.165, 1.54) is 4.90 Å². The Labute approximate surface area is 135 Å². The van der Waals surface area contributed by atoms with Crippen LogP contribution in [-0.2, 0) is 16.0 Å². The van der Waals surface area contributed by atoms with Crippen LogP contribution in [0.1, 0.15) is 12.2 Å². The summed E-state index contributed by atoms with van der Waals surface area (Å²) in [6.45, 7) is -0.00576. The first-order valence-electron chi connectivity index (χ1n) is 7.28. The van der Waals surface area contributed by atoms with Crippen LogP contribution >= 0.6 is 0 Å². The summed E-state index contributed by atoms with van der Waals surface area (Å²) in [5.41, 5.74) is 0.630. The van der Waals surface area contributed by atoms with Gasteiger partial charge in [0.05, 0.1) is 19.9 Å². The third kappa shape index (κ3) is 5.18. The van der Waals surface area contributed by atoms with E-state index in [2.05, 4.69) is 5.32 Å². The fourth-order valence-corrected chi connectivity index (χ4v) is 2.08. The Hall–Kier alpha value is -2.76. The van der Waals surface area contributed by atoms with Crippen molar-refractivity contribution in [2.75, 3.05) is 26.0 Å². The van der Waals surface area contributed by atoms with Crippen LogP contribution in [0.15, 0.2) is 47.1 Å². The normalized spacial score (nSPS) is 10.2.